The predicted molar refractivity (Wildman–Crippen MR) is 85.9 cm³/mol. The molecule has 1 rings (SSSR count). The third kappa shape index (κ3) is 7.88. The van der Waals surface area contributed by atoms with Crippen LogP contribution in [-0.4, -0.2) is 30.1 Å². The van der Waals surface area contributed by atoms with E-state index < -0.39 is 12.0 Å². The molecule has 22 heavy (non-hydrogen) atoms. The molecule has 0 atom stereocenters. The van der Waals surface area contributed by atoms with Crippen molar-refractivity contribution in [2.24, 2.45) is 0 Å². The van der Waals surface area contributed by atoms with Gasteiger partial charge in [-0.1, -0.05) is 20.4 Å². The van der Waals surface area contributed by atoms with E-state index in [9.17, 15) is 14.4 Å². The average molecular weight is 309 g/mol. The molecule has 1 heterocycles. The number of urea groups is 1. The van der Waals surface area contributed by atoms with E-state index in [1.54, 1.807) is 6.92 Å². The van der Waals surface area contributed by atoms with Gasteiger partial charge in [-0.3, -0.25) is 10.1 Å². The average Bonchev–Trinajstić information content (AvgIpc) is 2.44. The van der Waals surface area contributed by atoms with Gasteiger partial charge in [0.1, 0.15) is 12.4 Å². The summed E-state index contributed by atoms with van der Waals surface area (Å²) in [4.78, 5) is 36.6. The highest BCUT2D eigenvalue weighted by molar-refractivity contribution is 5.88. The number of hydrogen-bond acceptors (Lipinski definition) is 4. The van der Waals surface area contributed by atoms with E-state index >= 15 is 0 Å². The van der Waals surface area contributed by atoms with Gasteiger partial charge in [-0.2, -0.15) is 0 Å². The van der Waals surface area contributed by atoms with Gasteiger partial charge in [0, 0.05) is 23.4 Å². The van der Waals surface area contributed by atoms with Crippen molar-refractivity contribution >= 4 is 17.8 Å². The second-order valence-electron chi connectivity index (χ2n) is 4.21. The lowest BCUT2D eigenvalue weighted by atomic mass is 10.3. The number of aromatic amines is 1. The number of amides is 2. The molecule has 0 fully saturated rings. The highest BCUT2D eigenvalue weighted by Crippen LogP contribution is 1.99. The second kappa shape index (κ2) is 10.2. The Bertz CT molecular complexity index is 578. The van der Waals surface area contributed by atoms with Crippen molar-refractivity contribution in [2.45, 2.75) is 27.7 Å². The van der Waals surface area contributed by atoms with Gasteiger partial charge in [0.05, 0.1) is 6.54 Å². The normalized spacial score (nSPS) is 9.09. The summed E-state index contributed by atoms with van der Waals surface area (Å²) in [5, 5.41) is 4.96. The van der Waals surface area contributed by atoms with E-state index in [0.29, 0.717) is 17.1 Å². The highest BCUT2D eigenvalue weighted by atomic mass is 16.5. The lowest BCUT2D eigenvalue weighted by Crippen LogP contribution is -2.32. The molecule has 0 bridgehead atoms. The van der Waals surface area contributed by atoms with Crippen LogP contribution < -0.4 is 16.1 Å². The van der Waals surface area contributed by atoms with Crippen LogP contribution in [0, 0.1) is 6.92 Å². The molecule has 7 nitrogen and oxygen atoms in total. The highest BCUT2D eigenvalue weighted by Gasteiger charge is 2.05. The molecule has 0 radical (unpaired) electrons. The van der Waals surface area contributed by atoms with Crippen LogP contribution in [0.25, 0.3) is 0 Å². The first-order valence-electron chi connectivity index (χ1n) is 6.97. The summed E-state index contributed by atoms with van der Waals surface area (Å²) in [5.74, 6) is -0.207. The van der Waals surface area contributed by atoms with E-state index in [0.717, 1.165) is 0 Å². The Morgan fingerprint density at radius 2 is 1.95 bits per heavy atom. The molecule has 1 aromatic heterocycles. The van der Waals surface area contributed by atoms with Crippen molar-refractivity contribution in [3.8, 4) is 0 Å². The van der Waals surface area contributed by atoms with Crippen molar-refractivity contribution in [1.29, 1.82) is 0 Å². The van der Waals surface area contributed by atoms with Crippen LogP contribution in [-0.2, 0) is 9.53 Å². The topological polar surface area (TPSA) is 100 Å². The molecule has 122 valence electrons. The molecule has 0 saturated heterocycles. The van der Waals surface area contributed by atoms with Gasteiger partial charge in [0.15, 0.2) is 5.43 Å². The summed E-state index contributed by atoms with van der Waals surface area (Å²) in [6.07, 6.45) is 0. The Balaban J connectivity index is 0.00000211. The molecule has 1 aromatic rings. The SMILES string of the molecule is C=C(C)C(=O)OCCNC(=O)Nc1cc(=O)cc(C)[nH]1.CC. The lowest BCUT2D eigenvalue weighted by molar-refractivity contribution is -0.138. The van der Waals surface area contributed by atoms with E-state index in [-0.39, 0.29) is 18.6 Å². The first-order valence-corrected chi connectivity index (χ1v) is 6.97. The van der Waals surface area contributed by atoms with Crippen molar-refractivity contribution in [3.05, 3.63) is 40.2 Å². The van der Waals surface area contributed by atoms with Crippen molar-refractivity contribution in [2.75, 3.05) is 18.5 Å². The summed E-state index contributed by atoms with van der Waals surface area (Å²) >= 11 is 0. The van der Waals surface area contributed by atoms with E-state index in [4.69, 9.17) is 4.74 Å². The minimum absolute atomic E-state index is 0.0451. The van der Waals surface area contributed by atoms with Crippen molar-refractivity contribution in [1.82, 2.24) is 10.3 Å². The number of carbonyl (C=O) groups is 2. The maximum atomic E-state index is 11.5. The van der Waals surface area contributed by atoms with Crippen LogP contribution >= 0.6 is 0 Å². The zero-order valence-electron chi connectivity index (χ0n) is 13.4. The van der Waals surface area contributed by atoms with Gasteiger partial charge in [-0.25, -0.2) is 9.59 Å². The smallest absolute Gasteiger partial charge is 0.333 e. The monoisotopic (exact) mass is 309 g/mol. The second-order valence-corrected chi connectivity index (χ2v) is 4.21. The number of ether oxygens (including phenoxy) is 1. The standard InChI is InChI=1S/C13H17N3O4.C2H6/c1-8(2)12(18)20-5-4-14-13(19)16-11-7-10(17)6-9(3)15-11;1-2/h6-7H,1,4-5H2,2-3H3,(H3,14,15,16,17,19);1-2H3. The largest absolute Gasteiger partial charge is 0.460 e. The van der Waals surface area contributed by atoms with Gasteiger partial charge in [-0.05, 0) is 13.8 Å². The number of rotatable bonds is 5. The maximum Gasteiger partial charge on any atom is 0.333 e. The first kappa shape index (κ1) is 19.4. The molecule has 0 spiro atoms. The molecule has 0 aliphatic rings. The molecular formula is C15H23N3O4. The Morgan fingerprint density at radius 1 is 1.32 bits per heavy atom. The number of anilines is 1. The van der Waals surface area contributed by atoms with Gasteiger partial charge >= 0.3 is 12.0 Å². The van der Waals surface area contributed by atoms with Gasteiger partial charge < -0.3 is 15.0 Å². The van der Waals surface area contributed by atoms with Crippen LogP contribution in [0.4, 0.5) is 10.6 Å². The number of esters is 1. The summed E-state index contributed by atoms with van der Waals surface area (Å²) in [6, 6.07) is 2.19. The summed E-state index contributed by atoms with van der Waals surface area (Å²) < 4.78 is 4.80. The fraction of sp³-hybridized carbons (Fsp3) is 0.400. The number of hydrogen-bond donors (Lipinski definition) is 3. The lowest BCUT2D eigenvalue weighted by Gasteiger charge is -2.08. The van der Waals surface area contributed by atoms with E-state index in [2.05, 4.69) is 22.2 Å². The number of H-pyrrole nitrogens is 1. The maximum absolute atomic E-state index is 11.5. The number of nitrogens with one attached hydrogen (secondary N) is 3. The number of carbonyl (C=O) groups excluding carboxylic acids is 2. The summed E-state index contributed by atoms with van der Waals surface area (Å²) in [5.41, 5.74) is 0.738. The first-order chi connectivity index (χ1) is 10.4. The molecule has 0 saturated carbocycles. The Labute approximate surface area is 129 Å². The Morgan fingerprint density at radius 3 is 2.50 bits per heavy atom. The van der Waals surface area contributed by atoms with Crippen LogP contribution in [0.2, 0.25) is 0 Å². The number of aryl methyl sites for hydroxylation is 1. The van der Waals surface area contributed by atoms with Gasteiger partial charge in [0.25, 0.3) is 0 Å². The Kier molecular flexibility index (Phi) is 9.01. The fourth-order valence-corrected chi connectivity index (χ4v) is 1.35. The summed E-state index contributed by atoms with van der Waals surface area (Å²) in [6.45, 7) is 10.9. The van der Waals surface area contributed by atoms with E-state index in [1.165, 1.54) is 19.1 Å². The number of aromatic nitrogens is 1. The number of pyridine rings is 1. The summed E-state index contributed by atoms with van der Waals surface area (Å²) in [7, 11) is 0. The van der Waals surface area contributed by atoms with Crippen LogP contribution in [0.1, 0.15) is 26.5 Å². The molecule has 0 aliphatic heterocycles. The van der Waals surface area contributed by atoms with Crippen molar-refractivity contribution < 1.29 is 14.3 Å². The molecule has 7 heteroatoms. The fourth-order valence-electron chi connectivity index (χ4n) is 1.35. The quantitative estimate of drug-likeness (QED) is 0.439. The van der Waals surface area contributed by atoms with Crippen LogP contribution in [0.15, 0.2) is 29.1 Å². The third-order valence-corrected chi connectivity index (χ3v) is 2.19. The zero-order chi connectivity index (χ0) is 17.1. The predicted octanol–water partition coefficient (Wildman–Crippen LogP) is 1.95. The molecule has 3 N–H and O–H groups in total. The van der Waals surface area contributed by atoms with Gasteiger partial charge in [0.2, 0.25) is 0 Å². The molecule has 2 amide bonds. The minimum atomic E-state index is -0.504. The zero-order valence-corrected chi connectivity index (χ0v) is 13.4. The van der Waals surface area contributed by atoms with Crippen LogP contribution in [0.3, 0.4) is 0 Å². The van der Waals surface area contributed by atoms with Crippen LogP contribution in [0.5, 0.6) is 0 Å². The van der Waals surface area contributed by atoms with Crippen molar-refractivity contribution in [3.63, 3.8) is 0 Å². The van der Waals surface area contributed by atoms with E-state index in [1.807, 2.05) is 13.8 Å². The molecule has 0 aliphatic carbocycles. The molecule has 0 unspecified atom stereocenters. The molecular weight excluding hydrogens is 286 g/mol. The minimum Gasteiger partial charge on any atom is -0.460 e. The van der Waals surface area contributed by atoms with Gasteiger partial charge in [-0.15, -0.1) is 0 Å². The Hall–Kier alpha value is -2.57. The molecule has 0 aromatic carbocycles. The third-order valence-electron chi connectivity index (χ3n) is 2.19.